The highest BCUT2D eigenvalue weighted by Gasteiger charge is 2.23. The highest BCUT2D eigenvalue weighted by Crippen LogP contribution is 2.43. The van der Waals surface area contributed by atoms with Gasteiger partial charge in [0.15, 0.2) is 0 Å². The molecule has 2 N–H and O–H groups in total. The average Bonchev–Trinajstić information content (AvgIpc) is 2.98. The van der Waals surface area contributed by atoms with Gasteiger partial charge in [-0.25, -0.2) is 4.98 Å². The first kappa shape index (κ1) is 12.9. The summed E-state index contributed by atoms with van der Waals surface area (Å²) in [6.07, 6.45) is 5.46. The lowest BCUT2D eigenvalue weighted by Gasteiger charge is -2.19. The Kier molecular flexibility index (Phi) is 2.82. The molecule has 1 atom stereocenters. The summed E-state index contributed by atoms with van der Waals surface area (Å²) in [5.41, 5.74) is 12.5. The van der Waals surface area contributed by atoms with Crippen LogP contribution >= 0.6 is 11.3 Å². The first-order chi connectivity index (χ1) is 10.1. The molecule has 4 heteroatoms. The molecule has 108 valence electrons. The zero-order valence-electron chi connectivity index (χ0n) is 12.4. The fourth-order valence-corrected chi connectivity index (χ4v) is 4.68. The number of hydrogen-bond donors (Lipinski definition) is 1. The molecule has 4 rings (SSSR count). The molecular weight excluding hydrogens is 278 g/mol. The molecule has 0 amide bonds. The van der Waals surface area contributed by atoms with Gasteiger partial charge < -0.3 is 10.3 Å². The van der Waals surface area contributed by atoms with Crippen molar-refractivity contribution in [1.82, 2.24) is 9.55 Å². The summed E-state index contributed by atoms with van der Waals surface area (Å²) in [4.78, 5) is 5.96. The Morgan fingerprint density at radius 1 is 1.38 bits per heavy atom. The predicted molar refractivity (Wildman–Crippen MR) is 89.6 cm³/mol. The van der Waals surface area contributed by atoms with E-state index in [1.807, 2.05) is 17.9 Å². The SMILES string of the molecule is CC1CCc2c(sc(N)c2-c2ccc3c(c2)ncn3C)C1. The molecule has 0 fully saturated rings. The van der Waals surface area contributed by atoms with Crippen LogP contribution in [0.25, 0.3) is 22.2 Å². The number of nitrogens with zero attached hydrogens (tertiary/aromatic N) is 2. The molecule has 1 aliphatic rings. The standard InChI is InChI=1S/C17H19N3S/c1-10-3-5-12-15(7-10)21-17(18)16(12)11-4-6-14-13(8-11)19-9-20(14)2/h4,6,8-10H,3,5,7,18H2,1-2H3. The Labute approximate surface area is 128 Å². The normalized spacial score (nSPS) is 18.1. The fourth-order valence-electron chi connectivity index (χ4n) is 3.38. The number of nitrogens with two attached hydrogens (primary N) is 1. The molecule has 0 radical (unpaired) electrons. The van der Waals surface area contributed by atoms with E-state index in [-0.39, 0.29) is 0 Å². The van der Waals surface area contributed by atoms with E-state index in [4.69, 9.17) is 5.73 Å². The van der Waals surface area contributed by atoms with Gasteiger partial charge in [0.05, 0.1) is 22.4 Å². The molecule has 1 aromatic carbocycles. The zero-order chi connectivity index (χ0) is 14.6. The topological polar surface area (TPSA) is 43.8 Å². The number of nitrogen functional groups attached to an aromatic ring is 1. The first-order valence-electron chi connectivity index (χ1n) is 7.45. The maximum Gasteiger partial charge on any atom is 0.0955 e. The molecule has 0 aliphatic heterocycles. The number of benzene rings is 1. The third kappa shape index (κ3) is 1.97. The average molecular weight is 297 g/mol. The van der Waals surface area contributed by atoms with E-state index in [2.05, 4.69) is 30.1 Å². The van der Waals surface area contributed by atoms with E-state index in [9.17, 15) is 0 Å². The van der Waals surface area contributed by atoms with Gasteiger partial charge in [-0.3, -0.25) is 0 Å². The third-order valence-corrected chi connectivity index (χ3v) is 5.64. The second-order valence-electron chi connectivity index (χ2n) is 6.15. The van der Waals surface area contributed by atoms with Crippen LogP contribution in [-0.2, 0) is 19.9 Å². The van der Waals surface area contributed by atoms with Gasteiger partial charge in [0, 0.05) is 17.5 Å². The summed E-state index contributed by atoms with van der Waals surface area (Å²) in [6, 6.07) is 6.50. The lowest BCUT2D eigenvalue weighted by atomic mass is 9.87. The van der Waals surface area contributed by atoms with Crippen LogP contribution in [0.4, 0.5) is 5.00 Å². The van der Waals surface area contributed by atoms with Crippen LogP contribution in [0.1, 0.15) is 23.8 Å². The molecule has 21 heavy (non-hydrogen) atoms. The summed E-state index contributed by atoms with van der Waals surface area (Å²) >= 11 is 1.78. The Bertz CT molecular complexity index is 828. The van der Waals surface area contributed by atoms with Gasteiger partial charge in [-0.2, -0.15) is 0 Å². The molecule has 3 nitrogen and oxygen atoms in total. The monoisotopic (exact) mass is 297 g/mol. The maximum atomic E-state index is 6.34. The summed E-state index contributed by atoms with van der Waals surface area (Å²) < 4.78 is 2.05. The van der Waals surface area contributed by atoms with E-state index >= 15 is 0 Å². The van der Waals surface area contributed by atoms with Crippen molar-refractivity contribution in [2.75, 3.05) is 5.73 Å². The number of hydrogen-bond acceptors (Lipinski definition) is 3. The Morgan fingerprint density at radius 3 is 3.10 bits per heavy atom. The van der Waals surface area contributed by atoms with E-state index in [0.29, 0.717) is 0 Å². The zero-order valence-corrected chi connectivity index (χ0v) is 13.2. The van der Waals surface area contributed by atoms with Crippen molar-refractivity contribution in [1.29, 1.82) is 0 Å². The Balaban J connectivity index is 1.88. The number of anilines is 1. The van der Waals surface area contributed by atoms with Crippen molar-refractivity contribution in [2.45, 2.75) is 26.2 Å². The van der Waals surface area contributed by atoms with Crippen molar-refractivity contribution in [3.63, 3.8) is 0 Å². The van der Waals surface area contributed by atoms with Crippen molar-refractivity contribution >= 4 is 27.4 Å². The van der Waals surface area contributed by atoms with Crippen LogP contribution < -0.4 is 5.73 Å². The van der Waals surface area contributed by atoms with Crippen molar-refractivity contribution in [2.24, 2.45) is 13.0 Å². The number of rotatable bonds is 1. The summed E-state index contributed by atoms with van der Waals surface area (Å²) in [6.45, 7) is 2.33. The smallest absolute Gasteiger partial charge is 0.0955 e. The molecule has 0 bridgehead atoms. The molecular formula is C17H19N3S. The van der Waals surface area contributed by atoms with Crippen molar-refractivity contribution < 1.29 is 0 Å². The highest BCUT2D eigenvalue weighted by atomic mass is 32.1. The van der Waals surface area contributed by atoms with Crippen molar-refractivity contribution in [3.05, 3.63) is 35.0 Å². The first-order valence-corrected chi connectivity index (χ1v) is 8.26. The second kappa shape index (κ2) is 4.60. The minimum atomic E-state index is 0.779. The summed E-state index contributed by atoms with van der Waals surface area (Å²) in [5, 5.41) is 0.962. The van der Waals surface area contributed by atoms with Gasteiger partial charge in [0.1, 0.15) is 0 Å². The van der Waals surface area contributed by atoms with Gasteiger partial charge in [-0.15, -0.1) is 11.3 Å². The third-order valence-electron chi connectivity index (χ3n) is 4.55. The molecule has 0 saturated carbocycles. The van der Waals surface area contributed by atoms with Crippen LogP contribution in [-0.4, -0.2) is 9.55 Å². The minimum absolute atomic E-state index is 0.779. The Hall–Kier alpha value is -1.81. The van der Waals surface area contributed by atoms with Gasteiger partial charge in [0.2, 0.25) is 0 Å². The van der Waals surface area contributed by atoms with Gasteiger partial charge in [0.25, 0.3) is 0 Å². The lowest BCUT2D eigenvalue weighted by molar-refractivity contribution is 0.508. The van der Waals surface area contributed by atoms with Crippen LogP contribution in [0, 0.1) is 5.92 Å². The number of aromatic nitrogens is 2. The van der Waals surface area contributed by atoms with Gasteiger partial charge in [-0.1, -0.05) is 13.0 Å². The molecule has 2 aromatic heterocycles. The second-order valence-corrected chi connectivity index (χ2v) is 7.29. The minimum Gasteiger partial charge on any atom is -0.390 e. The number of aryl methyl sites for hydroxylation is 1. The van der Waals surface area contributed by atoms with Crippen LogP contribution in [0.5, 0.6) is 0 Å². The number of fused-ring (bicyclic) bond motifs is 2. The van der Waals surface area contributed by atoms with E-state index in [1.54, 1.807) is 11.3 Å². The number of imidazole rings is 1. The van der Waals surface area contributed by atoms with Crippen molar-refractivity contribution in [3.8, 4) is 11.1 Å². The van der Waals surface area contributed by atoms with E-state index in [0.717, 1.165) is 28.4 Å². The molecule has 0 spiro atoms. The van der Waals surface area contributed by atoms with E-state index in [1.165, 1.54) is 34.4 Å². The van der Waals surface area contributed by atoms with Crippen LogP contribution in [0.2, 0.25) is 0 Å². The van der Waals surface area contributed by atoms with Gasteiger partial charge in [-0.05, 0) is 48.4 Å². The summed E-state index contributed by atoms with van der Waals surface area (Å²) in [5.74, 6) is 0.779. The molecule has 0 saturated heterocycles. The van der Waals surface area contributed by atoms with Crippen LogP contribution in [0.3, 0.4) is 0 Å². The highest BCUT2D eigenvalue weighted by molar-refractivity contribution is 7.16. The van der Waals surface area contributed by atoms with Crippen LogP contribution in [0.15, 0.2) is 24.5 Å². The summed E-state index contributed by atoms with van der Waals surface area (Å²) in [7, 11) is 2.03. The fraction of sp³-hybridized carbons (Fsp3) is 0.353. The predicted octanol–water partition coefficient (Wildman–Crippen LogP) is 4.01. The molecule has 3 aromatic rings. The quantitative estimate of drug-likeness (QED) is 0.737. The largest absolute Gasteiger partial charge is 0.390 e. The molecule has 2 heterocycles. The van der Waals surface area contributed by atoms with E-state index < -0.39 is 0 Å². The lowest BCUT2D eigenvalue weighted by Crippen LogP contribution is -2.09. The maximum absolute atomic E-state index is 6.34. The van der Waals surface area contributed by atoms with Gasteiger partial charge >= 0.3 is 0 Å². The molecule has 1 unspecified atom stereocenters. The number of thiophene rings is 1. The Morgan fingerprint density at radius 2 is 2.24 bits per heavy atom. The molecule has 1 aliphatic carbocycles.